The Bertz CT molecular complexity index is 1480. The number of aliphatic carboxylic acids is 1. The number of nitrogens with one attached hydrogen (secondary N) is 1. The fourth-order valence-corrected chi connectivity index (χ4v) is 5.74. The summed E-state index contributed by atoms with van der Waals surface area (Å²) in [5.41, 5.74) is 4.07. The highest BCUT2D eigenvalue weighted by Gasteiger charge is 2.41. The molecule has 0 aliphatic carbocycles. The van der Waals surface area contributed by atoms with Gasteiger partial charge >= 0.3 is 5.97 Å². The SMILES string of the molecule is COc1cc(-n2c(C3CCOCC3)c([C@H]3CC[C@](C)(C(=O)O)OC3)c3nc4[nH]ncc4cc32)ccc1F. The van der Waals surface area contributed by atoms with Gasteiger partial charge in [-0.15, -0.1) is 0 Å². The van der Waals surface area contributed by atoms with Crippen molar-refractivity contribution in [3.63, 3.8) is 0 Å². The maximum atomic E-state index is 14.4. The van der Waals surface area contributed by atoms with E-state index >= 15 is 0 Å². The summed E-state index contributed by atoms with van der Waals surface area (Å²) in [5, 5.41) is 17.7. The molecule has 10 heteroatoms. The van der Waals surface area contributed by atoms with Gasteiger partial charge in [-0.25, -0.2) is 14.2 Å². The molecule has 4 aromatic rings. The molecule has 2 aliphatic heterocycles. The third-order valence-corrected chi connectivity index (χ3v) is 7.85. The summed E-state index contributed by atoms with van der Waals surface area (Å²) in [5.74, 6) is -1.09. The van der Waals surface area contributed by atoms with Crippen LogP contribution in [0.1, 0.15) is 55.7 Å². The summed E-state index contributed by atoms with van der Waals surface area (Å²) in [6.45, 7) is 3.20. The van der Waals surface area contributed by atoms with Gasteiger partial charge in [-0.3, -0.25) is 5.10 Å². The molecule has 2 saturated heterocycles. The number of halogens is 1. The van der Waals surface area contributed by atoms with E-state index < -0.39 is 17.4 Å². The van der Waals surface area contributed by atoms with E-state index in [0.717, 1.165) is 46.2 Å². The molecule has 2 N–H and O–H groups in total. The van der Waals surface area contributed by atoms with Crippen LogP contribution in [0.4, 0.5) is 4.39 Å². The Morgan fingerprint density at radius 1 is 1.24 bits per heavy atom. The van der Waals surface area contributed by atoms with Crippen LogP contribution in [-0.2, 0) is 14.3 Å². The van der Waals surface area contributed by atoms with Crippen molar-refractivity contribution in [3.8, 4) is 11.4 Å². The van der Waals surface area contributed by atoms with Gasteiger partial charge in [-0.05, 0) is 50.8 Å². The first-order valence-corrected chi connectivity index (χ1v) is 12.6. The molecule has 9 nitrogen and oxygen atoms in total. The van der Waals surface area contributed by atoms with E-state index in [4.69, 9.17) is 19.2 Å². The van der Waals surface area contributed by atoms with Crippen LogP contribution in [0.2, 0.25) is 0 Å². The number of aromatic amines is 1. The number of carboxylic acids is 1. The van der Waals surface area contributed by atoms with Crippen LogP contribution >= 0.6 is 0 Å². The lowest BCUT2D eigenvalue weighted by Crippen LogP contribution is -2.43. The molecule has 1 aromatic carbocycles. The average molecular weight is 509 g/mol. The smallest absolute Gasteiger partial charge is 0.335 e. The van der Waals surface area contributed by atoms with Crippen LogP contribution in [0.5, 0.6) is 5.75 Å². The second-order valence-electron chi connectivity index (χ2n) is 10.1. The van der Waals surface area contributed by atoms with Crippen LogP contribution in [-0.4, -0.2) is 63.4 Å². The number of ether oxygens (including phenoxy) is 3. The summed E-state index contributed by atoms with van der Waals surface area (Å²) < 4.78 is 33.6. The molecule has 0 amide bonds. The molecule has 2 atom stereocenters. The third kappa shape index (κ3) is 3.95. The molecule has 3 aromatic heterocycles. The van der Waals surface area contributed by atoms with Crippen LogP contribution < -0.4 is 4.74 Å². The zero-order valence-electron chi connectivity index (χ0n) is 20.8. The molecule has 2 aliphatic rings. The number of rotatable bonds is 5. The first-order valence-electron chi connectivity index (χ1n) is 12.6. The van der Waals surface area contributed by atoms with Gasteiger partial charge in [0.15, 0.2) is 22.8 Å². The van der Waals surface area contributed by atoms with E-state index in [0.29, 0.717) is 31.7 Å². The Hall–Kier alpha value is -3.50. The number of carboxylic acid groups (broad SMARTS) is 1. The molecule has 194 valence electrons. The molecule has 5 heterocycles. The first-order chi connectivity index (χ1) is 17.9. The number of methoxy groups -OCH3 is 1. The number of H-pyrrole nitrogens is 1. The highest BCUT2D eigenvalue weighted by Crippen LogP contribution is 2.45. The lowest BCUT2D eigenvalue weighted by molar-refractivity contribution is -0.170. The lowest BCUT2D eigenvalue weighted by Gasteiger charge is -2.35. The fraction of sp³-hybridized carbons (Fsp3) is 0.444. The quantitative estimate of drug-likeness (QED) is 0.403. The van der Waals surface area contributed by atoms with Gasteiger partial charge in [0.05, 0.1) is 30.9 Å². The van der Waals surface area contributed by atoms with Gasteiger partial charge in [-0.2, -0.15) is 5.10 Å². The summed E-state index contributed by atoms with van der Waals surface area (Å²) in [4.78, 5) is 16.8. The standard InChI is InChI=1S/C27H29FN4O5/c1-27(26(33)34)8-5-16(14-37-27)22-23-20(11-17-13-29-31-25(17)30-23)32(24(22)15-6-9-36-10-7-15)18-3-4-19(28)21(12-18)35-2/h3-4,11-13,15-16H,5-10,14H2,1-2H3,(H,33,34)(H,29,30,31)/t16-,27+/m0/s1. The third-order valence-electron chi connectivity index (χ3n) is 7.85. The number of nitrogens with zero attached hydrogens (tertiary/aromatic N) is 3. The maximum absolute atomic E-state index is 14.4. The van der Waals surface area contributed by atoms with E-state index in [1.807, 2.05) is 6.07 Å². The van der Waals surface area contributed by atoms with Crippen molar-refractivity contribution in [1.82, 2.24) is 19.7 Å². The molecule has 6 rings (SSSR count). The molecular formula is C27H29FN4O5. The first kappa shape index (κ1) is 23.9. The van der Waals surface area contributed by atoms with Crippen molar-refractivity contribution >= 4 is 28.0 Å². The molecule has 0 bridgehead atoms. The topological polar surface area (TPSA) is 111 Å². The van der Waals surface area contributed by atoms with Gasteiger partial charge in [0.25, 0.3) is 0 Å². The number of benzene rings is 1. The van der Waals surface area contributed by atoms with Gasteiger partial charge < -0.3 is 23.9 Å². The number of aromatic nitrogens is 4. The Kier molecular flexibility index (Phi) is 5.88. The second-order valence-corrected chi connectivity index (χ2v) is 10.1. The Morgan fingerprint density at radius 2 is 2.05 bits per heavy atom. The van der Waals surface area contributed by atoms with Gasteiger partial charge in [0.1, 0.15) is 0 Å². The van der Waals surface area contributed by atoms with E-state index in [-0.39, 0.29) is 24.2 Å². The molecule has 0 saturated carbocycles. The summed E-state index contributed by atoms with van der Waals surface area (Å²) in [6, 6.07) is 6.93. The minimum atomic E-state index is -1.21. The number of hydrogen-bond acceptors (Lipinski definition) is 6. The number of fused-ring (bicyclic) bond motifs is 2. The van der Waals surface area contributed by atoms with Crippen LogP contribution in [0, 0.1) is 5.82 Å². The monoisotopic (exact) mass is 508 g/mol. The highest BCUT2D eigenvalue weighted by atomic mass is 19.1. The van der Waals surface area contributed by atoms with Crippen molar-refractivity contribution in [2.24, 2.45) is 0 Å². The van der Waals surface area contributed by atoms with Crippen molar-refractivity contribution in [3.05, 3.63) is 47.5 Å². The maximum Gasteiger partial charge on any atom is 0.335 e. The van der Waals surface area contributed by atoms with Crippen molar-refractivity contribution in [1.29, 1.82) is 0 Å². The Labute approximate surface area is 212 Å². The molecule has 0 unspecified atom stereocenters. The predicted molar refractivity (Wildman–Crippen MR) is 134 cm³/mol. The number of hydrogen-bond donors (Lipinski definition) is 2. The Morgan fingerprint density at radius 3 is 2.76 bits per heavy atom. The molecule has 0 spiro atoms. The summed E-state index contributed by atoms with van der Waals surface area (Å²) >= 11 is 0. The number of carbonyl (C=O) groups is 1. The second kappa shape index (κ2) is 9.11. The largest absolute Gasteiger partial charge is 0.494 e. The van der Waals surface area contributed by atoms with E-state index in [9.17, 15) is 14.3 Å². The molecule has 2 fully saturated rings. The highest BCUT2D eigenvalue weighted by molar-refractivity contribution is 5.94. The van der Waals surface area contributed by atoms with Gasteiger partial charge in [0, 0.05) is 53.4 Å². The zero-order valence-corrected chi connectivity index (χ0v) is 20.8. The van der Waals surface area contributed by atoms with Gasteiger partial charge in [0.2, 0.25) is 0 Å². The molecule has 0 radical (unpaired) electrons. The van der Waals surface area contributed by atoms with Crippen molar-refractivity contribution < 1.29 is 28.5 Å². The van der Waals surface area contributed by atoms with Gasteiger partial charge in [-0.1, -0.05) is 0 Å². The normalized spacial score (nSPS) is 23.1. The number of pyridine rings is 1. The van der Waals surface area contributed by atoms with Crippen molar-refractivity contribution in [2.75, 3.05) is 26.9 Å². The average Bonchev–Trinajstić information content (AvgIpc) is 3.50. The molecule has 37 heavy (non-hydrogen) atoms. The van der Waals surface area contributed by atoms with Crippen molar-refractivity contribution in [2.45, 2.75) is 50.0 Å². The molecular weight excluding hydrogens is 479 g/mol. The Balaban J connectivity index is 1.61. The summed E-state index contributed by atoms with van der Waals surface area (Å²) in [6.07, 6.45) is 4.44. The van der Waals surface area contributed by atoms with Crippen LogP contribution in [0.15, 0.2) is 30.5 Å². The lowest BCUT2D eigenvalue weighted by atomic mass is 9.82. The minimum absolute atomic E-state index is 0.0516. The van der Waals surface area contributed by atoms with E-state index in [2.05, 4.69) is 14.8 Å². The van der Waals surface area contributed by atoms with E-state index in [1.54, 1.807) is 25.3 Å². The predicted octanol–water partition coefficient (Wildman–Crippen LogP) is 4.68. The van der Waals surface area contributed by atoms with Crippen LogP contribution in [0.25, 0.3) is 27.8 Å². The zero-order chi connectivity index (χ0) is 25.7. The van der Waals surface area contributed by atoms with Crippen LogP contribution in [0.3, 0.4) is 0 Å². The minimum Gasteiger partial charge on any atom is -0.494 e. The summed E-state index contributed by atoms with van der Waals surface area (Å²) in [7, 11) is 1.45. The fourth-order valence-electron chi connectivity index (χ4n) is 5.74. The van der Waals surface area contributed by atoms with E-state index in [1.165, 1.54) is 13.2 Å².